The highest BCUT2D eigenvalue weighted by Crippen LogP contribution is 2.11. The lowest BCUT2D eigenvalue weighted by Gasteiger charge is -2.13. The zero-order valence-corrected chi connectivity index (χ0v) is 12.9. The average molecular weight is 306 g/mol. The van der Waals surface area contributed by atoms with Gasteiger partial charge in [-0.25, -0.2) is 0 Å². The van der Waals surface area contributed by atoms with Crippen molar-refractivity contribution < 1.29 is 13.5 Å². The van der Waals surface area contributed by atoms with Gasteiger partial charge in [-0.2, -0.15) is 0 Å². The third-order valence-corrected chi connectivity index (χ3v) is 4.16. The Bertz CT molecular complexity index is 625. The molecule has 1 aromatic heterocycles. The van der Waals surface area contributed by atoms with Gasteiger partial charge in [0.1, 0.15) is 11.5 Å². The lowest BCUT2D eigenvalue weighted by molar-refractivity contribution is -0.119. The highest BCUT2D eigenvalue weighted by molar-refractivity contribution is 7.84. The molecule has 21 heavy (non-hydrogen) atoms. The Morgan fingerprint density at radius 2 is 2.10 bits per heavy atom. The van der Waals surface area contributed by atoms with Gasteiger partial charge in [0.15, 0.2) is 0 Å². The number of nitrogens with zero attached hydrogens (tertiary/aromatic N) is 1. The van der Waals surface area contributed by atoms with Crippen LogP contribution in [0.1, 0.15) is 30.0 Å². The first-order chi connectivity index (χ1) is 10.0. The molecule has 0 fully saturated rings. The van der Waals surface area contributed by atoms with Gasteiger partial charge < -0.3 is 9.84 Å². The summed E-state index contributed by atoms with van der Waals surface area (Å²) < 4.78 is 16.8. The third-order valence-electron chi connectivity index (χ3n) is 2.95. The van der Waals surface area contributed by atoms with Crippen molar-refractivity contribution in [1.29, 1.82) is 0 Å². The van der Waals surface area contributed by atoms with Crippen LogP contribution in [0.2, 0.25) is 0 Å². The molecule has 0 aliphatic heterocycles. The van der Waals surface area contributed by atoms with Crippen LogP contribution in [0.3, 0.4) is 0 Å². The summed E-state index contributed by atoms with van der Waals surface area (Å²) in [6.07, 6.45) is 0. The number of aryl methyl sites for hydroxylation is 1. The first kappa shape index (κ1) is 15.4. The van der Waals surface area contributed by atoms with Crippen molar-refractivity contribution >= 4 is 16.7 Å². The van der Waals surface area contributed by atoms with Crippen LogP contribution in [-0.4, -0.2) is 21.0 Å². The van der Waals surface area contributed by atoms with Gasteiger partial charge in [0.25, 0.3) is 0 Å². The van der Waals surface area contributed by atoms with Crippen molar-refractivity contribution in [3.05, 3.63) is 53.4 Å². The minimum absolute atomic E-state index is 0.0386. The van der Waals surface area contributed by atoms with Crippen LogP contribution < -0.4 is 5.32 Å². The summed E-state index contributed by atoms with van der Waals surface area (Å²) in [5.74, 6) is 0.627. The van der Waals surface area contributed by atoms with E-state index in [-0.39, 0.29) is 23.5 Å². The molecule has 0 radical (unpaired) electrons. The number of carbonyl (C=O) groups is 1. The number of hydrogen-bond acceptors (Lipinski definition) is 4. The molecule has 6 heteroatoms. The summed E-state index contributed by atoms with van der Waals surface area (Å²) in [6, 6.07) is 11.3. The number of rotatable bonds is 6. The summed E-state index contributed by atoms with van der Waals surface area (Å²) in [6.45, 7) is 3.67. The number of amides is 1. The zero-order valence-electron chi connectivity index (χ0n) is 12.0. The Labute approximate surface area is 126 Å². The Morgan fingerprint density at radius 1 is 1.38 bits per heavy atom. The van der Waals surface area contributed by atoms with E-state index in [9.17, 15) is 9.00 Å². The molecule has 112 valence electrons. The Balaban J connectivity index is 1.82. The molecule has 2 rings (SSSR count). The number of aromatic nitrogens is 1. The minimum atomic E-state index is -1.30. The lowest BCUT2D eigenvalue weighted by atomic mass is 10.1. The molecule has 0 saturated heterocycles. The zero-order chi connectivity index (χ0) is 15.2. The fourth-order valence-electron chi connectivity index (χ4n) is 1.96. The molecule has 0 spiro atoms. The Morgan fingerprint density at radius 3 is 2.71 bits per heavy atom. The second-order valence-electron chi connectivity index (χ2n) is 4.86. The van der Waals surface area contributed by atoms with Crippen molar-refractivity contribution in [2.75, 3.05) is 5.75 Å². The van der Waals surface area contributed by atoms with E-state index in [0.717, 1.165) is 5.56 Å². The molecular formula is C15H18N2O3S. The van der Waals surface area contributed by atoms with E-state index in [1.165, 1.54) is 0 Å². The summed E-state index contributed by atoms with van der Waals surface area (Å²) in [5, 5.41) is 6.61. The molecule has 0 bridgehead atoms. The molecule has 2 atom stereocenters. The van der Waals surface area contributed by atoms with Crippen LogP contribution in [0.15, 0.2) is 40.9 Å². The second-order valence-corrected chi connectivity index (χ2v) is 6.31. The molecule has 2 aromatic rings. The second kappa shape index (κ2) is 7.17. The van der Waals surface area contributed by atoms with E-state index in [1.54, 1.807) is 13.0 Å². The lowest BCUT2D eigenvalue weighted by Crippen LogP contribution is -2.31. The fourth-order valence-corrected chi connectivity index (χ4v) is 2.90. The average Bonchev–Trinajstić information content (AvgIpc) is 2.84. The van der Waals surface area contributed by atoms with E-state index >= 15 is 0 Å². The quantitative estimate of drug-likeness (QED) is 0.887. The molecule has 1 amide bonds. The third kappa shape index (κ3) is 4.82. The molecule has 1 heterocycles. The number of hydrogen-bond donors (Lipinski definition) is 1. The molecule has 0 aliphatic carbocycles. The van der Waals surface area contributed by atoms with E-state index in [4.69, 9.17) is 4.52 Å². The van der Waals surface area contributed by atoms with Crippen molar-refractivity contribution in [3.63, 3.8) is 0 Å². The Hall–Kier alpha value is -1.95. The summed E-state index contributed by atoms with van der Waals surface area (Å²) in [7, 11) is -1.30. The van der Waals surface area contributed by atoms with Crippen LogP contribution in [0, 0.1) is 6.92 Å². The summed E-state index contributed by atoms with van der Waals surface area (Å²) >= 11 is 0. The van der Waals surface area contributed by atoms with Crippen LogP contribution in [0.4, 0.5) is 0 Å². The number of benzene rings is 1. The van der Waals surface area contributed by atoms with E-state index in [0.29, 0.717) is 11.5 Å². The van der Waals surface area contributed by atoms with Crippen molar-refractivity contribution in [1.82, 2.24) is 10.5 Å². The Kier molecular flexibility index (Phi) is 5.27. The molecule has 5 nitrogen and oxygen atoms in total. The van der Waals surface area contributed by atoms with E-state index < -0.39 is 10.8 Å². The van der Waals surface area contributed by atoms with Crippen LogP contribution in [0.25, 0.3) is 0 Å². The monoisotopic (exact) mass is 306 g/mol. The maximum Gasteiger partial charge on any atom is 0.233 e. The van der Waals surface area contributed by atoms with Crippen LogP contribution >= 0.6 is 0 Å². The minimum Gasteiger partial charge on any atom is -0.361 e. The standard InChI is InChI=1S/C15H18N2O3S/c1-11-8-14(17-20-11)9-21(19)10-15(18)16-12(2)13-6-4-3-5-7-13/h3-8,12H,9-10H2,1-2H3,(H,16,18)/t12-,21+/m0/s1. The predicted molar refractivity (Wildman–Crippen MR) is 81.0 cm³/mol. The predicted octanol–water partition coefficient (Wildman–Crippen LogP) is 2.11. The summed E-state index contributed by atoms with van der Waals surface area (Å²) in [5.41, 5.74) is 1.62. The smallest absolute Gasteiger partial charge is 0.233 e. The summed E-state index contributed by atoms with van der Waals surface area (Å²) in [4.78, 5) is 11.9. The first-order valence-electron chi connectivity index (χ1n) is 6.66. The van der Waals surface area contributed by atoms with E-state index in [1.807, 2.05) is 37.3 Å². The molecule has 1 aromatic carbocycles. The number of nitrogens with one attached hydrogen (secondary N) is 1. The highest BCUT2D eigenvalue weighted by atomic mass is 32.2. The van der Waals surface area contributed by atoms with E-state index in [2.05, 4.69) is 10.5 Å². The SMILES string of the molecule is Cc1cc(C[S@@](=O)CC(=O)N[C@@H](C)c2ccccc2)no1. The largest absolute Gasteiger partial charge is 0.361 e. The van der Waals surface area contributed by atoms with Gasteiger partial charge in [0, 0.05) is 16.9 Å². The first-order valence-corrected chi connectivity index (χ1v) is 8.15. The maximum atomic E-state index is 11.9. The van der Waals surface area contributed by atoms with Gasteiger partial charge in [-0.05, 0) is 19.4 Å². The van der Waals surface area contributed by atoms with Crippen molar-refractivity contribution in [3.8, 4) is 0 Å². The number of carbonyl (C=O) groups excluding carboxylic acids is 1. The molecule has 1 N–H and O–H groups in total. The molecule has 0 aliphatic rings. The molecule has 0 saturated carbocycles. The van der Waals surface area contributed by atoms with Gasteiger partial charge in [-0.3, -0.25) is 9.00 Å². The fraction of sp³-hybridized carbons (Fsp3) is 0.333. The van der Waals surface area contributed by atoms with Crippen molar-refractivity contribution in [2.45, 2.75) is 25.6 Å². The van der Waals surface area contributed by atoms with Crippen LogP contribution in [0.5, 0.6) is 0 Å². The van der Waals surface area contributed by atoms with Crippen LogP contribution in [-0.2, 0) is 21.3 Å². The van der Waals surface area contributed by atoms with Crippen molar-refractivity contribution in [2.24, 2.45) is 0 Å². The molecule has 0 unspecified atom stereocenters. The van der Waals surface area contributed by atoms with Gasteiger partial charge >= 0.3 is 0 Å². The van der Waals surface area contributed by atoms with Gasteiger partial charge in [0.05, 0.1) is 17.5 Å². The van der Waals surface area contributed by atoms with Gasteiger partial charge in [-0.1, -0.05) is 35.5 Å². The normalized spacial score (nSPS) is 13.6. The topological polar surface area (TPSA) is 72.2 Å². The molecular weight excluding hydrogens is 288 g/mol. The van der Waals surface area contributed by atoms with Gasteiger partial charge in [-0.15, -0.1) is 0 Å². The maximum absolute atomic E-state index is 11.9. The highest BCUT2D eigenvalue weighted by Gasteiger charge is 2.14. The van der Waals surface area contributed by atoms with Gasteiger partial charge in [0.2, 0.25) is 5.91 Å².